The summed E-state index contributed by atoms with van der Waals surface area (Å²) in [4.78, 5) is 24.5. The van der Waals surface area contributed by atoms with Gasteiger partial charge in [-0.25, -0.2) is 0 Å². The molecule has 2 atom stereocenters. The van der Waals surface area contributed by atoms with E-state index in [4.69, 9.17) is 4.74 Å². The lowest BCUT2D eigenvalue weighted by molar-refractivity contribution is -0.220. The first-order valence-electron chi connectivity index (χ1n) is 9.16. The molecule has 0 spiro atoms. The number of aliphatic hydroxyl groups is 1. The van der Waals surface area contributed by atoms with Crippen LogP contribution in [-0.2, 0) is 16.5 Å². The van der Waals surface area contributed by atoms with Crippen molar-refractivity contribution in [3.8, 4) is 5.75 Å². The van der Waals surface area contributed by atoms with Crippen LogP contribution in [0.15, 0.2) is 47.4 Å². The Morgan fingerprint density at radius 1 is 1.06 bits per heavy atom. The summed E-state index contributed by atoms with van der Waals surface area (Å²) in [5, 5.41) is 13.0. The Balaban J connectivity index is 2.42. The summed E-state index contributed by atoms with van der Waals surface area (Å²) in [6.07, 6.45) is -9.21. The van der Waals surface area contributed by atoms with Crippen molar-refractivity contribution in [2.45, 2.75) is 50.0 Å². The van der Waals surface area contributed by atoms with E-state index < -0.39 is 51.8 Å². The Hall–Kier alpha value is -3.02. The molecule has 3 rings (SSSR count). The predicted molar refractivity (Wildman–Crippen MR) is 98.8 cm³/mol. The predicted octanol–water partition coefficient (Wildman–Crippen LogP) is 3.17. The number of hydrogen-bond donors (Lipinski definition) is 2. The van der Waals surface area contributed by atoms with Crippen molar-refractivity contribution in [3.05, 3.63) is 64.1 Å². The number of carbonyl (C=O) groups is 1. The van der Waals surface area contributed by atoms with Crippen LogP contribution < -0.4 is 15.6 Å². The van der Waals surface area contributed by atoms with Gasteiger partial charge in [0.15, 0.2) is 5.60 Å². The Labute approximate surface area is 177 Å². The van der Waals surface area contributed by atoms with Gasteiger partial charge in [-0.2, -0.15) is 26.3 Å². The molecule has 0 saturated carbocycles. The van der Waals surface area contributed by atoms with Crippen molar-refractivity contribution in [1.82, 2.24) is 9.88 Å². The molecule has 2 aromatic rings. The maximum Gasteiger partial charge on any atom is 0.471 e. The fourth-order valence-corrected chi connectivity index (χ4v) is 3.91. The van der Waals surface area contributed by atoms with Crippen molar-refractivity contribution in [2.24, 2.45) is 0 Å². The summed E-state index contributed by atoms with van der Waals surface area (Å²) in [6, 6.07) is 5.81. The molecule has 2 unspecified atom stereocenters. The molecule has 32 heavy (non-hydrogen) atoms. The number of carbonyl (C=O) groups excluding carboxylic acids is 1. The van der Waals surface area contributed by atoms with E-state index in [1.165, 1.54) is 17.4 Å². The highest BCUT2D eigenvalue weighted by Crippen LogP contribution is 2.52. The SMILES string of the molecule is CC1(C)Oc2ccc(C(F)(F)F)cc2C(C)(n2ccccc2=O)C1(O)NC(=O)C(F)(F)F. The summed E-state index contributed by atoms with van der Waals surface area (Å²) >= 11 is 0. The molecule has 1 aromatic carbocycles. The van der Waals surface area contributed by atoms with Crippen molar-refractivity contribution in [1.29, 1.82) is 0 Å². The van der Waals surface area contributed by atoms with Crippen molar-refractivity contribution in [2.75, 3.05) is 0 Å². The molecule has 174 valence electrons. The van der Waals surface area contributed by atoms with Crippen LogP contribution in [0.1, 0.15) is 31.9 Å². The Kier molecular flexibility index (Phi) is 5.16. The molecular weight excluding hydrogens is 446 g/mol. The van der Waals surface area contributed by atoms with Gasteiger partial charge in [-0.15, -0.1) is 0 Å². The van der Waals surface area contributed by atoms with E-state index in [2.05, 4.69) is 0 Å². The van der Waals surface area contributed by atoms with Gasteiger partial charge in [0.1, 0.15) is 11.3 Å². The van der Waals surface area contributed by atoms with E-state index in [0.29, 0.717) is 12.1 Å². The van der Waals surface area contributed by atoms with Crippen LogP contribution in [0.4, 0.5) is 26.3 Å². The first-order chi connectivity index (χ1) is 14.4. The molecule has 0 fully saturated rings. The van der Waals surface area contributed by atoms with E-state index in [0.717, 1.165) is 43.7 Å². The van der Waals surface area contributed by atoms with Gasteiger partial charge in [0.2, 0.25) is 5.72 Å². The molecule has 12 heteroatoms. The summed E-state index contributed by atoms with van der Waals surface area (Å²) < 4.78 is 85.8. The van der Waals surface area contributed by atoms with Crippen molar-refractivity contribution >= 4 is 5.91 Å². The number of amides is 1. The van der Waals surface area contributed by atoms with E-state index in [-0.39, 0.29) is 5.75 Å². The molecule has 6 nitrogen and oxygen atoms in total. The normalized spacial score (nSPS) is 24.9. The molecule has 1 aliphatic rings. The van der Waals surface area contributed by atoms with Gasteiger partial charge in [-0.05, 0) is 45.0 Å². The second kappa shape index (κ2) is 6.99. The standard InChI is InChI=1S/C20H18F6N2O4/c1-16(2)20(31,27-15(30)19(24,25)26)17(3,28-9-5-4-6-14(28)29)12-10-11(18(21,22)23)7-8-13(12)32-16/h4-10,31H,1-3H3,(H,27,30). The lowest BCUT2D eigenvalue weighted by atomic mass is 9.70. The first-order valence-corrected chi connectivity index (χ1v) is 9.16. The molecule has 0 bridgehead atoms. The number of nitrogens with one attached hydrogen (secondary N) is 1. The first kappa shape index (κ1) is 23.6. The van der Waals surface area contributed by atoms with Gasteiger partial charge in [0.05, 0.1) is 5.56 Å². The monoisotopic (exact) mass is 464 g/mol. The number of nitrogens with zero attached hydrogens (tertiary/aromatic N) is 1. The molecule has 1 aliphatic heterocycles. The maximum atomic E-state index is 13.4. The van der Waals surface area contributed by atoms with Gasteiger partial charge < -0.3 is 19.7 Å². The topological polar surface area (TPSA) is 80.6 Å². The minimum absolute atomic E-state index is 0.216. The fourth-order valence-electron chi connectivity index (χ4n) is 3.91. The van der Waals surface area contributed by atoms with Gasteiger partial charge in [0, 0.05) is 17.8 Å². The number of pyridine rings is 1. The number of hydrogen-bond acceptors (Lipinski definition) is 4. The zero-order valence-electron chi connectivity index (χ0n) is 16.9. The zero-order chi connectivity index (χ0) is 24.3. The van der Waals surface area contributed by atoms with Crippen molar-refractivity contribution < 1.29 is 41.0 Å². The Morgan fingerprint density at radius 2 is 1.69 bits per heavy atom. The van der Waals surface area contributed by atoms with Crippen LogP contribution >= 0.6 is 0 Å². The van der Waals surface area contributed by atoms with E-state index in [1.54, 1.807) is 0 Å². The van der Waals surface area contributed by atoms with Crippen molar-refractivity contribution in [3.63, 3.8) is 0 Å². The van der Waals surface area contributed by atoms with Gasteiger partial charge in [0.25, 0.3) is 5.56 Å². The minimum atomic E-state index is -5.44. The molecular formula is C20H18F6N2O4. The summed E-state index contributed by atoms with van der Waals surface area (Å²) in [5.74, 6) is -2.78. The van der Waals surface area contributed by atoms with Crippen LogP contribution in [0.25, 0.3) is 0 Å². The number of fused-ring (bicyclic) bond motifs is 1. The van der Waals surface area contributed by atoms with Crippen LogP contribution in [0.5, 0.6) is 5.75 Å². The van der Waals surface area contributed by atoms with E-state index >= 15 is 0 Å². The fraction of sp³-hybridized carbons (Fsp3) is 0.400. The Morgan fingerprint density at radius 3 is 2.22 bits per heavy atom. The van der Waals surface area contributed by atoms with Gasteiger partial charge in [-0.1, -0.05) is 6.07 Å². The molecule has 1 aromatic heterocycles. The van der Waals surface area contributed by atoms with E-state index in [9.17, 15) is 41.0 Å². The average molecular weight is 464 g/mol. The maximum absolute atomic E-state index is 13.4. The Bertz CT molecular complexity index is 1120. The van der Waals surface area contributed by atoms with Crippen LogP contribution in [0.3, 0.4) is 0 Å². The lowest BCUT2D eigenvalue weighted by Gasteiger charge is -2.57. The smallest absolute Gasteiger partial charge is 0.471 e. The third kappa shape index (κ3) is 3.42. The number of halogens is 6. The summed E-state index contributed by atoms with van der Waals surface area (Å²) in [7, 11) is 0. The van der Waals surface area contributed by atoms with Crippen LogP contribution in [0, 0.1) is 0 Å². The molecule has 1 amide bonds. The zero-order valence-corrected chi connectivity index (χ0v) is 16.9. The average Bonchev–Trinajstić information content (AvgIpc) is 2.65. The third-order valence-corrected chi connectivity index (χ3v) is 5.63. The minimum Gasteiger partial charge on any atom is -0.482 e. The van der Waals surface area contributed by atoms with Crippen LogP contribution in [-0.4, -0.2) is 33.1 Å². The molecule has 0 aliphatic carbocycles. The van der Waals surface area contributed by atoms with Gasteiger partial charge >= 0.3 is 18.3 Å². The summed E-state index contributed by atoms with van der Waals surface area (Å²) in [5.41, 5.74) is -9.93. The lowest BCUT2D eigenvalue weighted by Crippen LogP contribution is -2.78. The highest BCUT2D eigenvalue weighted by Gasteiger charge is 2.66. The molecule has 2 N–H and O–H groups in total. The molecule has 2 heterocycles. The van der Waals surface area contributed by atoms with E-state index in [1.807, 2.05) is 0 Å². The molecule has 0 saturated heterocycles. The molecule has 0 radical (unpaired) electrons. The highest BCUT2D eigenvalue weighted by atomic mass is 19.4. The number of alkyl halides is 6. The largest absolute Gasteiger partial charge is 0.482 e. The second-order valence-electron chi connectivity index (χ2n) is 7.96. The summed E-state index contributed by atoms with van der Waals surface area (Å²) in [6.45, 7) is 3.32. The van der Waals surface area contributed by atoms with Crippen LogP contribution in [0.2, 0.25) is 0 Å². The second-order valence-corrected chi connectivity index (χ2v) is 7.96. The quantitative estimate of drug-likeness (QED) is 0.529. The highest BCUT2D eigenvalue weighted by molar-refractivity contribution is 5.82. The number of benzene rings is 1. The number of aromatic nitrogens is 1. The third-order valence-electron chi connectivity index (χ3n) is 5.63. The number of ether oxygens (including phenoxy) is 1. The number of rotatable bonds is 2. The van der Waals surface area contributed by atoms with Gasteiger partial charge in [-0.3, -0.25) is 9.59 Å².